The number of halogens is 3. The molecule has 1 aromatic rings. The molecular weight excluding hydrogens is 295 g/mol. The summed E-state index contributed by atoms with van der Waals surface area (Å²) in [6, 6.07) is 1.62. The van der Waals surface area contributed by atoms with E-state index in [0.717, 1.165) is 18.8 Å². The molecule has 1 atom stereocenters. The third-order valence-electron chi connectivity index (χ3n) is 4.68. The minimum atomic E-state index is -4.16. The Morgan fingerprint density at radius 3 is 2.59 bits per heavy atom. The zero-order valence-corrected chi connectivity index (χ0v) is 12.5. The lowest BCUT2D eigenvalue weighted by molar-refractivity contribution is -0.177. The van der Waals surface area contributed by atoms with E-state index in [9.17, 15) is 18.0 Å². The molecule has 1 unspecified atom stereocenters. The van der Waals surface area contributed by atoms with Crippen LogP contribution in [0.15, 0.2) is 6.07 Å². The SMILES string of the molecule is CN1CCN(C(=O)c2cc3c([nH]2)CCC(C(F)(F)F)C3)CC1. The quantitative estimate of drug-likeness (QED) is 0.862. The molecule has 2 aliphatic rings. The summed E-state index contributed by atoms with van der Waals surface area (Å²) in [6.45, 7) is 2.96. The molecule has 0 spiro atoms. The fourth-order valence-electron chi connectivity index (χ4n) is 3.21. The number of hydrogen-bond acceptors (Lipinski definition) is 2. The van der Waals surface area contributed by atoms with Gasteiger partial charge < -0.3 is 14.8 Å². The minimum Gasteiger partial charge on any atom is -0.354 e. The number of piperazine rings is 1. The molecule has 1 amide bonds. The fourth-order valence-corrected chi connectivity index (χ4v) is 3.21. The first-order valence-electron chi connectivity index (χ1n) is 7.60. The lowest BCUT2D eigenvalue weighted by Crippen LogP contribution is -2.47. The van der Waals surface area contributed by atoms with Crippen LogP contribution in [0.4, 0.5) is 13.2 Å². The van der Waals surface area contributed by atoms with Crippen molar-refractivity contribution in [1.82, 2.24) is 14.8 Å². The number of hydrogen-bond donors (Lipinski definition) is 1. The van der Waals surface area contributed by atoms with Gasteiger partial charge in [0.05, 0.1) is 5.92 Å². The average molecular weight is 315 g/mol. The number of alkyl halides is 3. The molecule has 0 radical (unpaired) electrons. The summed E-state index contributed by atoms with van der Waals surface area (Å²) in [5, 5.41) is 0. The van der Waals surface area contributed by atoms with Crippen LogP contribution >= 0.6 is 0 Å². The van der Waals surface area contributed by atoms with Crippen LogP contribution in [0.2, 0.25) is 0 Å². The number of aromatic nitrogens is 1. The number of rotatable bonds is 1. The summed E-state index contributed by atoms with van der Waals surface area (Å²) in [7, 11) is 2.01. The Kier molecular flexibility index (Phi) is 3.92. The lowest BCUT2D eigenvalue weighted by Gasteiger charge is -2.32. The maximum atomic E-state index is 12.8. The zero-order valence-electron chi connectivity index (χ0n) is 12.5. The van der Waals surface area contributed by atoms with Crippen LogP contribution < -0.4 is 0 Å². The molecule has 1 aliphatic carbocycles. The molecule has 7 heteroatoms. The monoisotopic (exact) mass is 315 g/mol. The second kappa shape index (κ2) is 5.61. The predicted molar refractivity (Wildman–Crippen MR) is 75.8 cm³/mol. The Morgan fingerprint density at radius 2 is 1.95 bits per heavy atom. The Morgan fingerprint density at radius 1 is 1.27 bits per heavy atom. The van der Waals surface area contributed by atoms with Crippen LogP contribution in [0.5, 0.6) is 0 Å². The second-order valence-electron chi connectivity index (χ2n) is 6.26. The molecule has 3 rings (SSSR count). The van der Waals surface area contributed by atoms with Crippen LogP contribution in [-0.2, 0) is 12.8 Å². The van der Waals surface area contributed by atoms with Gasteiger partial charge in [-0.2, -0.15) is 13.2 Å². The number of amides is 1. The average Bonchev–Trinajstić information content (AvgIpc) is 2.89. The highest BCUT2D eigenvalue weighted by atomic mass is 19.4. The normalized spacial score (nSPS) is 23.5. The molecule has 1 fully saturated rings. The van der Waals surface area contributed by atoms with Crippen molar-refractivity contribution in [1.29, 1.82) is 0 Å². The number of aryl methyl sites for hydroxylation is 1. The lowest BCUT2D eigenvalue weighted by atomic mass is 9.87. The highest BCUT2D eigenvalue weighted by Crippen LogP contribution is 2.37. The summed E-state index contributed by atoms with van der Waals surface area (Å²) in [6.07, 6.45) is -3.73. The van der Waals surface area contributed by atoms with Gasteiger partial charge in [0.2, 0.25) is 0 Å². The van der Waals surface area contributed by atoms with Gasteiger partial charge in [0.1, 0.15) is 5.69 Å². The summed E-state index contributed by atoms with van der Waals surface area (Å²) in [5.41, 5.74) is 1.86. The van der Waals surface area contributed by atoms with Gasteiger partial charge in [0.25, 0.3) is 5.91 Å². The largest absolute Gasteiger partial charge is 0.392 e. The van der Waals surface area contributed by atoms with Gasteiger partial charge in [-0.15, -0.1) is 0 Å². The first-order chi connectivity index (χ1) is 10.3. The van der Waals surface area contributed by atoms with Crippen molar-refractivity contribution in [3.8, 4) is 0 Å². The van der Waals surface area contributed by atoms with Gasteiger partial charge in [0.15, 0.2) is 0 Å². The maximum absolute atomic E-state index is 12.8. The van der Waals surface area contributed by atoms with Crippen LogP contribution in [0.25, 0.3) is 0 Å². The number of nitrogens with one attached hydrogen (secondary N) is 1. The van der Waals surface area contributed by atoms with E-state index < -0.39 is 12.1 Å². The first-order valence-corrected chi connectivity index (χ1v) is 7.60. The molecule has 122 valence electrons. The molecule has 1 N–H and O–H groups in total. The summed E-state index contributed by atoms with van der Waals surface area (Å²) in [4.78, 5) is 19.4. The Bertz CT molecular complexity index is 559. The van der Waals surface area contributed by atoms with Gasteiger partial charge in [-0.3, -0.25) is 4.79 Å². The van der Waals surface area contributed by atoms with E-state index in [1.165, 1.54) is 0 Å². The van der Waals surface area contributed by atoms with Crippen molar-refractivity contribution in [3.63, 3.8) is 0 Å². The Hall–Kier alpha value is -1.50. The number of aromatic amines is 1. The molecule has 22 heavy (non-hydrogen) atoms. The van der Waals surface area contributed by atoms with E-state index in [0.29, 0.717) is 30.8 Å². The molecule has 1 aromatic heterocycles. The summed E-state index contributed by atoms with van der Waals surface area (Å²) < 4.78 is 38.5. The van der Waals surface area contributed by atoms with Crippen molar-refractivity contribution < 1.29 is 18.0 Å². The van der Waals surface area contributed by atoms with Gasteiger partial charge >= 0.3 is 6.18 Å². The van der Waals surface area contributed by atoms with Crippen LogP contribution in [-0.4, -0.2) is 60.1 Å². The van der Waals surface area contributed by atoms with Crippen molar-refractivity contribution in [3.05, 3.63) is 23.0 Å². The van der Waals surface area contributed by atoms with Crippen molar-refractivity contribution in [2.45, 2.75) is 25.4 Å². The molecule has 0 saturated carbocycles. The minimum absolute atomic E-state index is 0.0225. The highest BCUT2D eigenvalue weighted by Gasteiger charge is 2.41. The summed E-state index contributed by atoms with van der Waals surface area (Å²) >= 11 is 0. The van der Waals surface area contributed by atoms with Crippen molar-refractivity contribution >= 4 is 5.91 Å². The molecule has 0 bridgehead atoms. The van der Waals surface area contributed by atoms with Gasteiger partial charge in [0, 0.05) is 31.9 Å². The number of nitrogens with zero attached hydrogens (tertiary/aromatic N) is 2. The molecule has 4 nitrogen and oxygen atoms in total. The van der Waals surface area contributed by atoms with E-state index >= 15 is 0 Å². The molecule has 1 aliphatic heterocycles. The standard InChI is InChI=1S/C15H20F3N3O/c1-20-4-6-21(7-5-20)14(22)13-9-10-8-11(15(16,17)18)2-3-12(10)19-13/h9,11,19H,2-8H2,1H3. The number of carbonyl (C=O) groups excluding carboxylic acids is 1. The van der Waals surface area contributed by atoms with E-state index in [1.54, 1.807) is 11.0 Å². The van der Waals surface area contributed by atoms with Crippen LogP contribution in [0.3, 0.4) is 0 Å². The zero-order chi connectivity index (χ0) is 15.9. The van der Waals surface area contributed by atoms with Gasteiger partial charge in [-0.1, -0.05) is 0 Å². The van der Waals surface area contributed by atoms with E-state index in [4.69, 9.17) is 0 Å². The van der Waals surface area contributed by atoms with Gasteiger partial charge in [-0.25, -0.2) is 0 Å². The van der Waals surface area contributed by atoms with Crippen LogP contribution in [0.1, 0.15) is 28.2 Å². The molecule has 0 aromatic carbocycles. The maximum Gasteiger partial charge on any atom is 0.392 e. The molecular formula is C15H20F3N3O. The number of likely N-dealkylation sites (N-methyl/N-ethyl adjacent to an activating group) is 1. The molecule has 1 saturated heterocycles. The number of carbonyl (C=O) groups is 1. The van der Waals surface area contributed by atoms with E-state index in [1.807, 2.05) is 7.05 Å². The Balaban J connectivity index is 1.72. The smallest absolute Gasteiger partial charge is 0.354 e. The summed E-state index contributed by atoms with van der Waals surface area (Å²) in [5.74, 6) is -1.39. The van der Waals surface area contributed by atoms with Crippen molar-refractivity contribution in [2.75, 3.05) is 33.2 Å². The Labute approximate surface area is 127 Å². The fraction of sp³-hybridized carbons (Fsp3) is 0.667. The van der Waals surface area contributed by atoms with Crippen molar-refractivity contribution in [2.24, 2.45) is 5.92 Å². The first kappa shape index (κ1) is 15.4. The molecule has 2 heterocycles. The second-order valence-corrected chi connectivity index (χ2v) is 6.26. The third-order valence-corrected chi connectivity index (χ3v) is 4.68. The predicted octanol–water partition coefficient (Wildman–Crippen LogP) is 2.07. The topological polar surface area (TPSA) is 39.3 Å². The number of fused-ring (bicyclic) bond motifs is 1. The van der Waals surface area contributed by atoms with E-state index in [2.05, 4.69) is 9.88 Å². The van der Waals surface area contributed by atoms with Crippen LogP contribution in [0, 0.1) is 5.92 Å². The third kappa shape index (κ3) is 2.99. The van der Waals surface area contributed by atoms with E-state index in [-0.39, 0.29) is 18.7 Å². The highest BCUT2D eigenvalue weighted by molar-refractivity contribution is 5.93. The number of H-pyrrole nitrogens is 1. The van der Waals surface area contributed by atoms with Gasteiger partial charge in [-0.05, 0) is 37.9 Å².